The highest BCUT2D eigenvalue weighted by molar-refractivity contribution is 7.91. The lowest BCUT2D eigenvalue weighted by Crippen LogP contribution is -2.33. The van der Waals surface area contributed by atoms with Crippen molar-refractivity contribution in [3.63, 3.8) is 0 Å². The number of amides is 1. The monoisotopic (exact) mass is 561 g/mol. The van der Waals surface area contributed by atoms with Gasteiger partial charge in [-0.3, -0.25) is 9.78 Å². The fourth-order valence-corrected chi connectivity index (χ4v) is 6.88. The first kappa shape index (κ1) is 25.7. The number of nitrogens with zero attached hydrogens (tertiary/aromatic N) is 2. The Kier molecular flexibility index (Phi) is 6.70. The molecule has 200 valence electrons. The topological polar surface area (TPSA) is 118 Å². The maximum absolute atomic E-state index is 12.9. The van der Waals surface area contributed by atoms with Crippen LogP contribution in [0.3, 0.4) is 0 Å². The first-order chi connectivity index (χ1) is 18.8. The van der Waals surface area contributed by atoms with Crippen LogP contribution in [-0.2, 0) is 16.4 Å². The summed E-state index contributed by atoms with van der Waals surface area (Å²) in [6.45, 7) is 2.29. The summed E-state index contributed by atoms with van der Waals surface area (Å²) >= 11 is 1.62. The van der Waals surface area contributed by atoms with Crippen molar-refractivity contribution in [1.82, 2.24) is 14.7 Å². The Morgan fingerprint density at radius 3 is 2.59 bits per heavy atom. The minimum atomic E-state index is -3.67. The van der Waals surface area contributed by atoms with E-state index in [1.807, 2.05) is 37.5 Å². The van der Waals surface area contributed by atoms with Gasteiger partial charge in [-0.1, -0.05) is 36.4 Å². The molecule has 0 bridgehead atoms. The summed E-state index contributed by atoms with van der Waals surface area (Å²) in [6.07, 6.45) is 4.65. The molecule has 8 nitrogen and oxygen atoms in total. The average molecular weight is 562 g/mol. The Balaban J connectivity index is 1.19. The number of hydrogen-bond acceptors (Lipinski definition) is 8. The molecule has 1 saturated carbocycles. The molecule has 39 heavy (non-hydrogen) atoms. The molecule has 2 aliphatic rings. The highest BCUT2D eigenvalue weighted by atomic mass is 32.2. The van der Waals surface area contributed by atoms with Gasteiger partial charge in [-0.25, -0.2) is 18.1 Å². The number of nitrogens with one attached hydrogen (secondary N) is 1. The average Bonchev–Trinajstić information content (AvgIpc) is 3.72. The Morgan fingerprint density at radius 2 is 1.87 bits per heavy atom. The number of sulfonamides is 1. The fraction of sp³-hybridized carbons (Fsp3) is 0.276. The van der Waals surface area contributed by atoms with Crippen LogP contribution in [0, 0.1) is 12.8 Å². The van der Waals surface area contributed by atoms with Crippen molar-refractivity contribution in [2.75, 3.05) is 6.61 Å². The van der Waals surface area contributed by atoms with Gasteiger partial charge in [-0.15, -0.1) is 11.3 Å². The number of carbonyl (C=O) groups excluding carboxylic acids is 1. The number of aliphatic hydroxyl groups is 1. The van der Waals surface area contributed by atoms with Crippen molar-refractivity contribution < 1.29 is 23.1 Å². The van der Waals surface area contributed by atoms with Gasteiger partial charge in [0, 0.05) is 40.7 Å². The molecule has 6 rings (SSSR count). The molecule has 2 N–H and O–H groups in total. The molecule has 3 heterocycles. The van der Waals surface area contributed by atoms with Gasteiger partial charge in [0.05, 0.1) is 27.8 Å². The summed E-state index contributed by atoms with van der Waals surface area (Å²) in [5.74, 6) is -0.279. The molecule has 1 fully saturated rings. The van der Waals surface area contributed by atoms with Gasteiger partial charge in [0.25, 0.3) is 5.91 Å². The number of aromatic nitrogens is 2. The number of ether oxygens (including phenoxy) is 1. The molecule has 4 aromatic rings. The number of hydrogen-bond donors (Lipinski definition) is 2. The molecule has 0 unspecified atom stereocenters. The summed E-state index contributed by atoms with van der Waals surface area (Å²) in [6, 6.07) is 16.3. The number of aryl methyl sites for hydroxylation is 1. The van der Waals surface area contributed by atoms with Crippen LogP contribution >= 0.6 is 11.3 Å². The summed E-state index contributed by atoms with van der Waals surface area (Å²) in [7, 11) is -3.67. The van der Waals surface area contributed by atoms with Gasteiger partial charge in [-0.2, -0.15) is 0 Å². The lowest BCUT2D eigenvalue weighted by molar-refractivity contribution is 0.0503. The van der Waals surface area contributed by atoms with E-state index in [1.54, 1.807) is 47.7 Å². The Hall–Kier alpha value is -3.60. The number of rotatable bonds is 7. The summed E-state index contributed by atoms with van der Waals surface area (Å²) in [4.78, 5) is 22.8. The molecule has 1 aliphatic heterocycles. The number of benzene rings is 2. The quantitative estimate of drug-likeness (QED) is 0.336. The second-order valence-electron chi connectivity index (χ2n) is 9.98. The molecule has 1 aliphatic carbocycles. The minimum absolute atomic E-state index is 0.168. The highest BCUT2D eigenvalue weighted by Crippen LogP contribution is 2.40. The molecule has 10 heteroatoms. The third-order valence-corrected chi connectivity index (χ3v) is 9.90. The Bertz CT molecular complexity index is 1650. The van der Waals surface area contributed by atoms with E-state index >= 15 is 0 Å². The SMILES string of the molecule is Cc1ncc(-c2ccc(C[C@@H]3COc4cc(-c5ccccc5C(=O)NS(=O)(=O)C5CC5)ccc4[C@H]3O)nc2)s1. The molecule has 0 spiro atoms. The molecular formula is C29H27N3O5S2. The summed E-state index contributed by atoms with van der Waals surface area (Å²) in [5.41, 5.74) is 4.11. The first-order valence-electron chi connectivity index (χ1n) is 12.8. The van der Waals surface area contributed by atoms with E-state index in [-0.39, 0.29) is 11.5 Å². The third-order valence-electron chi connectivity index (χ3n) is 7.11. The van der Waals surface area contributed by atoms with Crippen LogP contribution in [-0.4, -0.2) is 41.3 Å². The van der Waals surface area contributed by atoms with Crippen molar-refractivity contribution in [1.29, 1.82) is 0 Å². The normalized spacial score (nSPS) is 18.7. The van der Waals surface area contributed by atoms with E-state index in [0.717, 1.165) is 21.1 Å². The zero-order valence-corrected chi connectivity index (χ0v) is 22.8. The lowest BCUT2D eigenvalue weighted by Gasteiger charge is -2.30. The predicted octanol–water partition coefficient (Wildman–Crippen LogP) is 4.69. The van der Waals surface area contributed by atoms with Crippen LogP contribution < -0.4 is 9.46 Å². The van der Waals surface area contributed by atoms with Crippen LogP contribution in [0.1, 0.15) is 45.6 Å². The maximum Gasteiger partial charge on any atom is 0.265 e. The van der Waals surface area contributed by atoms with Crippen LogP contribution in [0.15, 0.2) is 67.0 Å². The second-order valence-corrected chi connectivity index (χ2v) is 13.2. The zero-order chi connectivity index (χ0) is 27.1. The van der Waals surface area contributed by atoms with E-state index in [2.05, 4.69) is 14.7 Å². The number of aliphatic hydroxyl groups excluding tert-OH is 1. The van der Waals surface area contributed by atoms with Crippen LogP contribution in [0.4, 0.5) is 0 Å². The molecule has 0 radical (unpaired) electrons. The number of thiazole rings is 1. The predicted molar refractivity (Wildman–Crippen MR) is 149 cm³/mol. The van der Waals surface area contributed by atoms with Crippen LogP contribution in [0.2, 0.25) is 0 Å². The zero-order valence-electron chi connectivity index (χ0n) is 21.2. The van der Waals surface area contributed by atoms with Crippen molar-refractivity contribution in [2.24, 2.45) is 5.92 Å². The van der Waals surface area contributed by atoms with E-state index in [9.17, 15) is 18.3 Å². The minimum Gasteiger partial charge on any atom is -0.493 e. The van der Waals surface area contributed by atoms with E-state index in [1.165, 1.54) is 0 Å². The van der Waals surface area contributed by atoms with Crippen molar-refractivity contribution in [3.8, 4) is 27.3 Å². The van der Waals surface area contributed by atoms with Crippen molar-refractivity contribution >= 4 is 27.3 Å². The van der Waals surface area contributed by atoms with Gasteiger partial charge < -0.3 is 9.84 Å². The first-order valence-corrected chi connectivity index (χ1v) is 15.1. The van der Waals surface area contributed by atoms with Gasteiger partial charge in [0.2, 0.25) is 10.0 Å². The summed E-state index contributed by atoms with van der Waals surface area (Å²) in [5, 5.41) is 11.7. The van der Waals surface area contributed by atoms with Crippen molar-refractivity contribution in [2.45, 2.75) is 37.5 Å². The number of fused-ring (bicyclic) bond motifs is 1. The van der Waals surface area contributed by atoms with Gasteiger partial charge in [0.15, 0.2) is 0 Å². The van der Waals surface area contributed by atoms with Gasteiger partial charge in [0.1, 0.15) is 5.75 Å². The van der Waals surface area contributed by atoms with Crippen LogP contribution in [0.5, 0.6) is 5.75 Å². The highest BCUT2D eigenvalue weighted by Gasteiger charge is 2.37. The fourth-order valence-electron chi connectivity index (χ4n) is 4.82. The second kappa shape index (κ2) is 10.2. The van der Waals surface area contributed by atoms with Crippen LogP contribution in [0.25, 0.3) is 21.6 Å². The molecule has 1 amide bonds. The standard InChI is InChI=1S/C29H27N3O5S2/c1-17-30-15-27(38-17)19-6-8-21(31-14-19)12-20-16-37-26-13-18(7-11-25(26)28(20)33)23-4-2-3-5-24(23)29(34)32-39(35,36)22-9-10-22/h2-8,11,13-15,20,22,28,33H,9-10,12,16H2,1H3,(H,32,34)/t20-,28+/m1/s1. The van der Waals surface area contributed by atoms with Gasteiger partial charge >= 0.3 is 0 Å². The molecule has 0 saturated heterocycles. The largest absolute Gasteiger partial charge is 0.493 e. The van der Waals surface area contributed by atoms with Crippen molar-refractivity contribution in [3.05, 3.63) is 88.8 Å². The lowest BCUT2D eigenvalue weighted by atomic mass is 9.88. The van der Waals surface area contributed by atoms with E-state index in [0.29, 0.717) is 48.3 Å². The van der Waals surface area contributed by atoms with Gasteiger partial charge in [-0.05, 0) is 55.5 Å². The number of pyridine rings is 1. The molecular weight excluding hydrogens is 534 g/mol. The Morgan fingerprint density at radius 1 is 1.08 bits per heavy atom. The molecule has 2 aromatic carbocycles. The summed E-state index contributed by atoms with van der Waals surface area (Å²) < 4.78 is 32.9. The van der Waals surface area contributed by atoms with E-state index in [4.69, 9.17) is 4.74 Å². The smallest absolute Gasteiger partial charge is 0.265 e. The maximum atomic E-state index is 12.9. The number of carbonyl (C=O) groups is 1. The Labute approximate surface area is 230 Å². The third kappa shape index (κ3) is 5.32. The van der Waals surface area contributed by atoms with E-state index < -0.39 is 27.3 Å². The molecule has 2 atom stereocenters. The molecule has 2 aromatic heterocycles.